The number of nitrogens with two attached hydrogens (primary N) is 1. The van der Waals surface area contributed by atoms with Crippen molar-refractivity contribution in [2.75, 3.05) is 19.8 Å². The maximum Gasteiger partial charge on any atom is 0.223 e. The summed E-state index contributed by atoms with van der Waals surface area (Å²) in [7, 11) is 0. The summed E-state index contributed by atoms with van der Waals surface area (Å²) in [6, 6.07) is 0. The van der Waals surface area contributed by atoms with Gasteiger partial charge in [-0.2, -0.15) is 0 Å². The van der Waals surface area contributed by atoms with Crippen molar-refractivity contribution in [1.29, 1.82) is 0 Å². The van der Waals surface area contributed by atoms with Crippen molar-refractivity contribution < 1.29 is 9.53 Å². The molecule has 3 N–H and O–H groups in total. The van der Waals surface area contributed by atoms with Crippen LogP contribution in [-0.4, -0.2) is 31.2 Å². The van der Waals surface area contributed by atoms with Crippen LogP contribution in [0.5, 0.6) is 0 Å². The number of carbonyl (C=O) groups is 1. The summed E-state index contributed by atoms with van der Waals surface area (Å²) < 4.78 is 5.30. The van der Waals surface area contributed by atoms with E-state index >= 15 is 0 Å². The van der Waals surface area contributed by atoms with E-state index in [0.717, 1.165) is 19.3 Å². The summed E-state index contributed by atoms with van der Waals surface area (Å²) in [6.07, 6.45) is 2.72. The van der Waals surface area contributed by atoms with Crippen molar-refractivity contribution in [1.82, 2.24) is 5.32 Å². The Kier molecular flexibility index (Phi) is 2.98. The van der Waals surface area contributed by atoms with Gasteiger partial charge in [0.1, 0.15) is 0 Å². The molecule has 2 atom stereocenters. The minimum absolute atomic E-state index is 0.190. The van der Waals surface area contributed by atoms with E-state index in [1.54, 1.807) is 0 Å². The minimum Gasteiger partial charge on any atom is -0.381 e. The van der Waals surface area contributed by atoms with Crippen LogP contribution in [0, 0.1) is 11.8 Å². The fraction of sp³-hybridized carbons (Fsp3) is 0.909. The van der Waals surface area contributed by atoms with Gasteiger partial charge in [-0.1, -0.05) is 6.92 Å². The van der Waals surface area contributed by atoms with Crippen LogP contribution < -0.4 is 11.1 Å². The van der Waals surface area contributed by atoms with Crippen LogP contribution in [0.4, 0.5) is 0 Å². The van der Waals surface area contributed by atoms with Crippen molar-refractivity contribution in [3.63, 3.8) is 0 Å². The standard InChI is InChI=1S/C11H20N2O2/c1-8-6-9(8)10(14)13-11(7-12)2-4-15-5-3-11/h8-9H,2-7,12H2,1H3,(H,13,14). The second kappa shape index (κ2) is 4.10. The maximum atomic E-state index is 11.8. The monoisotopic (exact) mass is 212 g/mol. The van der Waals surface area contributed by atoms with Crippen LogP contribution in [0.1, 0.15) is 26.2 Å². The fourth-order valence-electron chi connectivity index (χ4n) is 2.18. The summed E-state index contributed by atoms with van der Waals surface area (Å²) in [4.78, 5) is 11.8. The van der Waals surface area contributed by atoms with E-state index in [4.69, 9.17) is 10.5 Å². The smallest absolute Gasteiger partial charge is 0.223 e. The lowest BCUT2D eigenvalue weighted by Gasteiger charge is -2.37. The molecule has 1 saturated heterocycles. The molecule has 86 valence electrons. The highest BCUT2D eigenvalue weighted by atomic mass is 16.5. The van der Waals surface area contributed by atoms with Crippen molar-refractivity contribution in [2.24, 2.45) is 17.6 Å². The molecule has 1 saturated carbocycles. The average Bonchev–Trinajstić information content (AvgIpc) is 2.97. The summed E-state index contributed by atoms with van der Waals surface area (Å²) in [5.74, 6) is 0.978. The number of amides is 1. The Hall–Kier alpha value is -0.610. The summed E-state index contributed by atoms with van der Waals surface area (Å²) in [6.45, 7) is 4.04. The second-order valence-electron chi connectivity index (χ2n) is 4.91. The third kappa shape index (κ3) is 2.32. The molecule has 2 rings (SSSR count). The quantitative estimate of drug-likeness (QED) is 0.705. The molecular weight excluding hydrogens is 192 g/mol. The zero-order chi connectivity index (χ0) is 10.9. The third-order valence-electron chi connectivity index (χ3n) is 3.68. The predicted octanol–water partition coefficient (Wildman–Crippen LogP) is 0.267. The molecule has 0 aromatic heterocycles. The zero-order valence-electron chi connectivity index (χ0n) is 9.29. The van der Waals surface area contributed by atoms with Gasteiger partial charge in [0.05, 0.1) is 5.54 Å². The van der Waals surface area contributed by atoms with E-state index < -0.39 is 0 Å². The molecule has 0 radical (unpaired) electrons. The molecule has 0 aromatic rings. The van der Waals surface area contributed by atoms with Crippen LogP contribution in [0.3, 0.4) is 0 Å². The Morgan fingerprint density at radius 1 is 1.53 bits per heavy atom. The molecule has 0 bridgehead atoms. The number of hydrogen-bond donors (Lipinski definition) is 2. The largest absolute Gasteiger partial charge is 0.381 e. The van der Waals surface area contributed by atoms with E-state index in [-0.39, 0.29) is 17.4 Å². The van der Waals surface area contributed by atoms with Gasteiger partial charge in [0.2, 0.25) is 5.91 Å². The van der Waals surface area contributed by atoms with Gasteiger partial charge in [0.15, 0.2) is 0 Å². The van der Waals surface area contributed by atoms with Crippen LogP contribution in [0.15, 0.2) is 0 Å². The van der Waals surface area contributed by atoms with E-state index in [2.05, 4.69) is 12.2 Å². The molecule has 0 spiro atoms. The van der Waals surface area contributed by atoms with Gasteiger partial charge in [-0.05, 0) is 25.2 Å². The first-order valence-electron chi connectivity index (χ1n) is 5.77. The Morgan fingerprint density at radius 3 is 2.60 bits per heavy atom. The first kappa shape index (κ1) is 10.9. The van der Waals surface area contributed by atoms with Gasteiger partial charge in [-0.15, -0.1) is 0 Å². The Morgan fingerprint density at radius 2 is 2.13 bits per heavy atom. The molecule has 1 aliphatic heterocycles. The lowest BCUT2D eigenvalue weighted by Crippen LogP contribution is -2.57. The summed E-state index contributed by atoms with van der Waals surface area (Å²) in [5.41, 5.74) is 5.57. The van der Waals surface area contributed by atoms with Gasteiger partial charge >= 0.3 is 0 Å². The van der Waals surface area contributed by atoms with Gasteiger partial charge in [0, 0.05) is 25.7 Å². The highest BCUT2D eigenvalue weighted by Gasteiger charge is 2.42. The van der Waals surface area contributed by atoms with E-state index in [1.165, 1.54) is 0 Å². The summed E-state index contributed by atoms with van der Waals surface area (Å²) >= 11 is 0. The maximum absolute atomic E-state index is 11.8. The molecule has 1 heterocycles. The summed E-state index contributed by atoms with van der Waals surface area (Å²) in [5, 5.41) is 3.13. The highest BCUT2D eigenvalue weighted by molar-refractivity contribution is 5.82. The predicted molar refractivity (Wildman–Crippen MR) is 57.3 cm³/mol. The van der Waals surface area contributed by atoms with Gasteiger partial charge < -0.3 is 15.8 Å². The molecular formula is C11H20N2O2. The van der Waals surface area contributed by atoms with E-state index in [9.17, 15) is 4.79 Å². The Bertz CT molecular complexity index is 249. The number of ether oxygens (including phenoxy) is 1. The third-order valence-corrected chi connectivity index (χ3v) is 3.68. The normalized spacial score (nSPS) is 33.5. The Balaban J connectivity index is 1.91. The Labute approximate surface area is 90.5 Å². The molecule has 15 heavy (non-hydrogen) atoms. The van der Waals surface area contributed by atoms with Gasteiger partial charge in [-0.25, -0.2) is 0 Å². The molecule has 2 aliphatic rings. The number of carbonyl (C=O) groups excluding carboxylic acids is 1. The lowest BCUT2D eigenvalue weighted by molar-refractivity contribution is -0.125. The van der Waals surface area contributed by atoms with Crippen molar-refractivity contribution in [2.45, 2.75) is 31.7 Å². The molecule has 2 unspecified atom stereocenters. The van der Waals surface area contributed by atoms with Crippen molar-refractivity contribution in [3.8, 4) is 0 Å². The van der Waals surface area contributed by atoms with Crippen LogP contribution in [0.25, 0.3) is 0 Å². The molecule has 4 nitrogen and oxygen atoms in total. The van der Waals surface area contributed by atoms with Gasteiger partial charge in [0.25, 0.3) is 0 Å². The first-order chi connectivity index (χ1) is 7.17. The number of nitrogens with one attached hydrogen (secondary N) is 1. The molecule has 4 heteroatoms. The lowest BCUT2D eigenvalue weighted by atomic mass is 9.90. The SMILES string of the molecule is CC1CC1C(=O)NC1(CN)CCOCC1. The molecule has 1 amide bonds. The number of hydrogen-bond acceptors (Lipinski definition) is 3. The molecule has 2 fully saturated rings. The first-order valence-corrected chi connectivity index (χ1v) is 5.77. The fourth-order valence-corrected chi connectivity index (χ4v) is 2.18. The van der Waals surface area contributed by atoms with Gasteiger partial charge in [-0.3, -0.25) is 4.79 Å². The van der Waals surface area contributed by atoms with E-state index in [0.29, 0.717) is 25.7 Å². The van der Waals surface area contributed by atoms with Crippen LogP contribution in [-0.2, 0) is 9.53 Å². The van der Waals surface area contributed by atoms with E-state index in [1.807, 2.05) is 0 Å². The zero-order valence-corrected chi connectivity index (χ0v) is 9.29. The minimum atomic E-state index is -0.197. The van der Waals surface area contributed by atoms with Crippen molar-refractivity contribution in [3.05, 3.63) is 0 Å². The van der Waals surface area contributed by atoms with Crippen LogP contribution in [0.2, 0.25) is 0 Å². The average molecular weight is 212 g/mol. The number of rotatable bonds is 3. The van der Waals surface area contributed by atoms with Crippen LogP contribution >= 0.6 is 0 Å². The molecule has 0 aromatic carbocycles. The second-order valence-corrected chi connectivity index (χ2v) is 4.91. The molecule has 1 aliphatic carbocycles. The topological polar surface area (TPSA) is 64.4 Å². The highest BCUT2D eigenvalue weighted by Crippen LogP contribution is 2.38. The van der Waals surface area contributed by atoms with Crippen molar-refractivity contribution >= 4 is 5.91 Å².